The maximum absolute atomic E-state index is 12.3. The van der Waals surface area contributed by atoms with Gasteiger partial charge < -0.3 is 9.64 Å². The Kier molecular flexibility index (Phi) is 6.93. The molecule has 2 aliphatic heterocycles. The van der Waals surface area contributed by atoms with Crippen molar-refractivity contribution in [1.82, 2.24) is 14.7 Å². The zero-order valence-electron chi connectivity index (χ0n) is 13.7. The summed E-state index contributed by atoms with van der Waals surface area (Å²) in [7, 11) is 0. The maximum Gasteiger partial charge on any atom is 0.222 e. The fourth-order valence-corrected chi connectivity index (χ4v) is 3.14. The minimum absolute atomic E-state index is 0.342. The van der Waals surface area contributed by atoms with Gasteiger partial charge >= 0.3 is 0 Å². The van der Waals surface area contributed by atoms with Crippen molar-refractivity contribution < 1.29 is 9.53 Å². The number of hydrogen-bond donors (Lipinski definition) is 0. The van der Waals surface area contributed by atoms with Crippen molar-refractivity contribution in [1.29, 1.82) is 0 Å². The monoisotopic (exact) mass is 297 g/mol. The average molecular weight is 297 g/mol. The molecule has 2 saturated heterocycles. The van der Waals surface area contributed by atoms with Crippen LogP contribution in [0.25, 0.3) is 0 Å². The van der Waals surface area contributed by atoms with Gasteiger partial charge in [-0.3, -0.25) is 14.6 Å². The number of amides is 1. The molecule has 5 nitrogen and oxygen atoms in total. The van der Waals surface area contributed by atoms with E-state index in [0.717, 1.165) is 71.9 Å². The van der Waals surface area contributed by atoms with Crippen molar-refractivity contribution in [3.63, 3.8) is 0 Å². The number of carbonyl (C=O) groups is 1. The smallest absolute Gasteiger partial charge is 0.222 e. The Morgan fingerprint density at radius 2 is 1.81 bits per heavy atom. The zero-order chi connectivity index (χ0) is 15.1. The van der Waals surface area contributed by atoms with Gasteiger partial charge in [0, 0.05) is 51.7 Å². The molecule has 122 valence electrons. The second-order valence-electron chi connectivity index (χ2n) is 6.42. The van der Waals surface area contributed by atoms with Crippen LogP contribution in [0.2, 0.25) is 0 Å². The Hall–Kier alpha value is -0.650. The summed E-state index contributed by atoms with van der Waals surface area (Å²) in [5.74, 6) is 0.342. The number of carbonyl (C=O) groups excluding carboxylic acids is 1. The first kappa shape index (κ1) is 16.7. The van der Waals surface area contributed by atoms with Crippen LogP contribution in [0.1, 0.15) is 33.1 Å². The molecule has 0 bridgehead atoms. The molecule has 0 atom stereocenters. The van der Waals surface area contributed by atoms with Gasteiger partial charge in [0.05, 0.1) is 13.2 Å². The summed E-state index contributed by atoms with van der Waals surface area (Å²) in [5, 5.41) is 0. The first-order valence-corrected chi connectivity index (χ1v) is 8.49. The Morgan fingerprint density at radius 3 is 2.52 bits per heavy atom. The molecule has 1 amide bonds. The van der Waals surface area contributed by atoms with Crippen molar-refractivity contribution in [3.8, 4) is 0 Å². The molecular formula is C16H31N3O2. The molecule has 2 heterocycles. The van der Waals surface area contributed by atoms with Gasteiger partial charge in [-0.25, -0.2) is 0 Å². The molecule has 0 spiro atoms. The van der Waals surface area contributed by atoms with Crippen LogP contribution in [-0.4, -0.2) is 85.7 Å². The highest BCUT2D eigenvalue weighted by atomic mass is 16.5. The minimum Gasteiger partial charge on any atom is -0.379 e. The third-order valence-corrected chi connectivity index (χ3v) is 4.58. The SMILES string of the molecule is CC(C)N1CCCN(C(=O)CCCN2CCOCC2)CC1. The van der Waals surface area contributed by atoms with Crippen molar-refractivity contribution in [3.05, 3.63) is 0 Å². The third-order valence-electron chi connectivity index (χ3n) is 4.58. The molecular weight excluding hydrogens is 266 g/mol. The van der Waals surface area contributed by atoms with Gasteiger partial charge in [0.25, 0.3) is 0 Å². The van der Waals surface area contributed by atoms with E-state index in [4.69, 9.17) is 4.74 Å². The molecule has 2 aliphatic rings. The minimum atomic E-state index is 0.342. The fraction of sp³-hybridized carbons (Fsp3) is 0.938. The molecule has 0 aromatic rings. The normalized spacial score (nSPS) is 22.5. The summed E-state index contributed by atoms with van der Waals surface area (Å²) in [4.78, 5) is 19.3. The fourth-order valence-electron chi connectivity index (χ4n) is 3.14. The van der Waals surface area contributed by atoms with E-state index in [0.29, 0.717) is 18.4 Å². The first-order chi connectivity index (χ1) is 10.2. The van der Waals surface area contributed by atoms with E-state index in [-0.39, 0.29) is 0 Å². The number of morpholine rings is 1. The van der Waals surface area contributed by atoms with Gasteiger partial charge in [0.2, 0.25) is 5.91 Å². The predicted octanol–water partition coefficient (Wildman–Crippen LogP) is 1.04. The molecule has 0 saturated carbocycles. The average Bonchev–Trinajstić information content (AvgIpc) is 2.74. The van der Waals surface area contributed by atoms with E-state index in [1.807, 2.05) is 0 Å². The van der Waals surface area contributed by atoms with Gasteiger partial charge in [0.1, 0.15) is 0 Å². The van der Waals surface area contributed by atoms with Crippen LogP contribution in [0.15, 0.2) is 0 Å². The lowest BCUT2D eigenvalue weighted by atomic mass is 10.2. The molecule has 0 aliphatic carbocycles. The van der Waals surface area contributed by atoms with Crippen LogP contribution in [0, 0.1) is 0 Å². The van der Waals surface area contributed by atoms with E-state index in [9.17, 15) is 4.79 Å². The zero-order valence-corrected chi connectivity index (χ0v) is 13.7. The summed E-state index contributed by atoms with van der Waals surface area (Å²) in [6.45, 7) is 13.2. The summed E-state index contributed by atoms with van der Waals surface area (Å²) in [5.41, 5.74) is 0. The van der Waals surface area contributed by atoms with Crippen LogP contribution in [-0.2, 0) is 9.53 Å². The quantitative estimate of drug-likeness (QED) is 0.760. The predicted molar refractivity (Wildman–Crippen MR) is 84.4 cm³/mol. The molecule has 5 heteroatoms. The highest BCUT2D eigenvalue weighted by Gasteiger charge is 2.20. The van der Waals surface area contributed by atoms with Gasteiger partial charge in [-0.15, -0.1) is 0 Å². The Balaban J connectivity index is 1.65. The van der Waals surface area contributed by atoms with Crippen LogP contribution < -0.4 is 0 Å². The Morgan fingerprint density at radius 1 is 1.05 bits per heavy atom. The van der Waals surface area contributed by atoms with E-state index in [1.54, 1.807) is 0 Å². The standard InChI is InChI=1S/C16H31N3O2/c1-15(2)18-7-4-8-19(10-9-18)16(20)5-3-6-17-11-13-21-14-12-17/h15H,3-14H2,1-2H3. The van der Waals surface area contributed by atoms with E-state index >= 15 is 0 Å². The Labute approximate surface area is 129 Å². The molecule has 0 radical (unpaired) electrons. The largest absolute Gasteiger partial charge is 0.379 e. The van der Waals surface area contributed by atoms with Crippen LogP contribution in [0.4, 0.5) is 0 Å². The molecule has 2 fully saturated rings. The number of hydrogen-bond acceptors (Lipinski definition) is 4. The molecule has 0 unspecified atom stereocenters. The maximum atomic E-state index is 12.3. The van der Waals surface area contributed by atoms with Crippen molar-refractivity contribution >= 4 is 5.91 Å². The van der Waals surface area contributed by atoms with Gasteiger partial charge in [-0.1, -0.05) is 0 Å². The van der Waals surface area contributed by atoms with Crippen LogP contribution >= 0.6 is 0 Å². The molecule has 0 aromatic carbocycles. The van der Waals surface area contributed by atoms with Crippen LogP contribution in [0.3, 0.4) is 0 Å². The number of nitrogens with zero attached hydrogens (tertiary/aromatic N) is 3. The van der Waals surface area contributed by atoms with Crippen molar-refractivity contribution in [2.75, 3.05) is 59.0 Å². The van der Waals surface area contributed by atoms with Gasteiger partial charge in [-0.05, 0) is 33.2 Å². The Bertz CT molecular complexity index is 317. The third kappa shape index (κ3) is 5.57. The van der Waals surface area contributed by atoms with Crippen molar-refractivity contribution in [2.24, 2.45) is 0 Å². The highest BCUT2D eigenvalue weighted by Crippen LogP contribution is 2.09. The van der Waals surface area contributed by atoms with Crippen LogP contribution in [0.5, 0.6) is 0 Å². The number of ether oxygens (including phenoxy) is 1. The van der Waals surface area contributed by atoms with E-state index < -0.39 is 0 Å². The van der Waals surface area contributed by atoms with E-state index in [2.05, 4.69) is 28.5 Å². The molecule has 0 aromatic heterocycles. The van der Waals surface area contributed by atoms with E-state index in [1.165, 1.54) is 0 Å². The second kappa shape index (κ2) is 8.71. The molecule has 2 rings (SSSR count). The summed E-state index contributed by atoms with van der Waals surface area (Å²) in [6, 6.07) is 0.585. The van der Waals surface area contributed by atoms with Gasteiger partial charge in [0.15, 0.2) is 0 Å². The summed E-state index contributed by atoms with van der Waals surface area (Å²) < 4.78 is 5.34. The molecule has 21 heavy (non-hydrogen) atoms. The first-order valence-electron chi connectivity index (χ1n) is 8.49. The number of rotatable bonds is 5. The highest BCUT2D eigenvalue weighted by molar-refractivity contribution is 5.76. The lowest BCUT2D eigenvalue weighted by Gasteiger charge is -2.27. The summed E-state index contributed by atoms with van der Waals surface area (Å²) >= 11 is 0. The summed E-state index contributed by atoms with van der Waals surface area (Å²) in [6.07, 6.45) is 2.77. The second-order valence-corrected chi connectivity index (χ2v) is 6.42. The topological polar surface area (TPSA) is 36.0 Å². The van der Waals surface area contributed by atoms with Gasteiger partial charge in [-0.2, -0.15) is 0 Å². The lowest BCUT2D eigenvalue weighted by Crippen LogP contribution is -2.39. The van der Waals surface area contributed by atoms with Crippen molar-refractivity contribution in [2.45, 2.75) is 39.2 Å². The molecule has 0 N–H and O–H groups in total. The lowest BCUT2D eigenvalue weighted by molar-refractivity contribution is -0.131.